The van der Waals surface area contributed by atoms with Gasteiger partial charge < -0.3 is 15.3 Å². The molecule has 0 spiro atoms. The zero-order valence-electron chi connectivity index (χ0n) is 9.11. The predicted octanol–water partition coefficient (Wildman–Crippen LogP) is 1.69. The second kappa shape index (κ2) is 6.08. The van der Waals surface area contributed by atoms with Gasteiger partial charge in [-0.3, -0.25) is 0 Å². The Morgan fingerprint density at radius 1 is 1.28 bits per heavy atom. The molecule has 0 aliphatic rings. The first-order valence-electron chi connectivity index (χ1n) is 5.02. The zero-order chi connectivity index (χ0) is 13.9. The topological polar surface area (TPSA) is 77.8 Å². The highest BCUT2D eigenvalue weighted by atomic mass is 35.5. The summed E-state index contributed by atoms with van der Waals surface area (Å²) in [5.41, 5.74) is -0.992. The van der Waals surface area contributed by atoms with E-state index < -0.39 is 35.4 Å². The van der Waals surface area contributed by atoms with Crippen LogP contribution in [0.3, 0.4) is 0 Å². The quantitative estimate of drug-likeness (QED) is 0.717. The molecular formula is C11H11ClF2O4. The minimum Gasteiger partial charge on any atom is -0.478 e. The van der Waals surface area contributed by atoms with Crippen LogP contribution < -0.4 is 0 Å². The maximum absolute atomic E-state index is 13.0. The van der Waals surface area contributed by atoms with Crippen LogP contribution >= 0.6 is 11.6 Å². The van der Waals surface area contributed by atoms with E-state index in [0.29, 0.717) is 12.1 Å². The molecule has 0 heterocycles. The van der Waals surface area contributed by atoms with Crippen LogP contribution in [0.2, 0.25) is 0 Å². The van der Waals surface area contributed by atoms with Crippen molar-refractivity contribution in [3.63, 3.8) is 0 Å². The van der Waals surface area contributed by atoms with Crippen molar-refractivity contribution in [2.24, 2.45) is 0 Å². The van der Waals surface area contributed by atoms with E-state index in [2.05, 4.69) is 0 Å². The Bertz CT molecular complexity index is 453. The fourth-order valence-corrected chi connectivity index (χ4v) is 1.69. The maximum Gasteiger partial charge on any atom is 0.336 e. The molecule has 1 aromatic carbocycles. The van der Waals surface area contributed by atoms with E-state index in [-0.39, 0.29) is 17.9 Å². The molecule has 0 amide bonds. The van der Waals surface area contributed by atoms with E-state index in [1.807, 2.05) is 0 Å². The second-order valence-electron chi connectivity index (χ2n) is 3.65. The van der Waals surface area contributed by atoms with Gasteiger partial charge in [-0.2, -0.15) is 0 Å². The Hall–Kier alpha value is -1.24. The van der Waals surface area contributed by atoms with Crippen molar-refractivity contribution in [1.82, 2.24) is 0 Å². The number of hydrogen-bond donors (Lipinski definition) is 3. The van der Waals surface area contributed by atoms with E-state index >= 15 is 0 Å². The third-order valence-corrected chi connectivity index (χ3v) is 2.63. The molecule has 1 rings (SSSR count). The van der Waals surface area contributed by atoms with Gasteiger partial charge in [0.2, 0.25) is 0 Å². The molecule has 2 atom stereocenters. The highest BCUT2D eigenvalue weighted by Crippen LogP contribution is 2.25. The van der Waals surface area contributed by atoms with Crippen molar-refractivity contribution in [2.45, 2.75) is 18.6 Å². The van der Waals surface area contributed by atoms with Crippen molar-refractivity contribution >= 4 is 17.6 Å². The summed E-state index contributed by atoms with van der Waals surface area (Å²) in [5.74, 6) is -4.13. The lowest BCUT2D eigenvalue weighted by Gasteiger charge is -2.19. The molecule has 0 saturated heterocycles. The molecule has 0 radical (unpaired) electrons. The number of aromatic carboxylic acids is 1. The molecule has 18 heavy (non-hydrogen) atoms. The Morgan fingerprint density at radius 3 is 2.33 bits per heavy atom. The summed E-state index contributed by atoms with van der Waals surface area (Å²) in [7, 11) is 0. The van der Waals surface area contributed by atoms with Gasteiger partial charge in [-0.05, 0) is 18.6 Å². The van der Waals surface area contributed by atoms with Crippen LogP contribution in [0.1, 0.15) is 28.4 Å². The van der Waals surface area contributed by atoms with Gasteiger partial charge in [-0.1, -0.05) is 0 Å². The summed E-state index contributed by atoms with van der Waals surface area (Å²) in [6.07, 6.45) is -3.02. The van der Waals surface area contributed by atoms with Gasteiger partial charge in [0.05, 0.1) is 11.7 Å². The van der Waals surface area contributed by atoms with Crippen LogP contribution in [-0.4, -0.2) is 33.3 Å². The molecule has 7 heteroatoms. The molecule has 100 valence electrons. The number of halogens is 3. The highest BCUT2D eigenvalue weighted by Gasteiger charge is 2.25. The minimum absolute atomic E-state index is 0.0131. The average molecular weight is 281 g/mol. The number of carbonyl (C=O) groups is 1. The van der Waals surface area contributed by atoms with Gasteiger partial charge >= 0.3 is 5.97 Å². The lowest BCUT2D eigenvalue weighted by molar-refractivity contribution is 0.0158. The summed E-state index contributed by atoms with van der Waals surface area (Å²) in [6, 6.07) is 1.02. The van der Waals surface area contributed by atoms with Crippen LogP contribution in [0, 0.1) is 11.6 Å². The summed E-state index contributed by atoms with van der Waals surface area (Å²) in [4.78, 5) is 10.9. The molecular weight excluding hydrogens is 270 g/mol. The molecule has 0 aliphatic carbocycles. The number of carboxylic acids is 1. The molecule has 1 aromatic rings. The molecule has 0 aromatic heterocycles. The number of benzene rings is 1. The van der Waals surface area contributed by atoms with Gasteiger partial charge in [0.15, 0.2) is 11.6 Å². The SMILES string of the molecule is O=C(O)c1cc(F)c(F)cc1C(O)C(O)CCCl. The Kier molecular flexibility index (Phi) is 5.01. The van der Waals surface area contributed by atoms with E-state index in [1.165, 1.54) is 0 Å². The largest absolute Gasteiger partial charge is 0.478 e. The van der Waals surface area contributed by atoms with Crippen LogP contribution in [0.4, 0.5) is 8.78 Å². The zero-order valence-corrected chi connectivity index (χ0v) is 9.86. The molecule has 4 nitrogen and oxygen atoms in total. The van der Waals surface area contributed by atoms with E-state index in [1.54, 1.807) is 0 Å². The third kappa shape index (κ3) is 3.16. The van der Waals surface area contributed by atoms with E-state index in [9.17, 15) is 23.8 Å². The fraction of sp³-hybridized carbons (Fsp3) is 0.364. The summed E-state index contributed by atoms with van der Waals surface area (Å²) in [5, 5.41) is 28.0. The normalized spacial score (nSPS) is 14.3. The Morgan fingerprint density at radius 2 is 1.83 bits per heavy atom. The molecule has 0 bridgehead atoms. The van der Waals surface area contributed by atoms with Crippen molar-refractivity contribution in [1.29, 1.82) is 0 Å². The van der Waals surface area contributed by atoms with Crippen LogP contribution in [-0.2, 0) is 0 Å². The van der Waals surface area contributed by atoms with Crippen LogP contribution in [0.25, 0.3) is 0 Å². The maximum atomic E-state index is 13.0. The Balaban J connectivity index is 3.21. The fourth-order valence-electron chi connectivity index (χ4n) is 1.47. The average Bonchev–Trinajstić information content (AvgIpc) is 2.31. The summed E-state index contributed by atoms with van der Waals surface area (Å²) in [6.45, 7) is 0. The Labute approximate surface area is 106 Å². The van der Waals surface area contributed by atoms with Crippen LogP contribution in [0.5, 0.6) is 0 Å². The standard InChI is InChI=1S/C11H11ClF2O4/c12-2-1-9(15)10(16)5-3-7(13)8(14)4-6(5)11(17)18/h3-4,9-10,15-16H,1-2H2,(H,17,18). The molecule has 0 saturated carbocycles. The summed E-state index contributed by atoms with van der Waals surface area (Å²) >= 11 is 5.37. The van der Waals surface area contributed by atoms with Gasteiger partial charge in [-0.25, -0.2) is 13.6 Å². The second-order valence-corrected chi connectivity index (χ2v) is 4.03. The van der Waals surface area contributed by atoms with E-state index in [4.69, 9.17) is 16.7 Å². The number of carboxylic acid groups (broad SMARTS) is 1. The van der Waals surface area contributed by atoms with Crippen LogP contribution in [0.15, 0.2) is 12.1 Å². The van der Waals surface area contributed by atoms with Gasteiger partial charge in [-0.15, -0.1) is 11.6 Å². The molecule has 3 N–H and O–H groups in total. The molecule has 0 fully saturated rings. The third-order valence-electron chi connectivity index (χ3n) is 2.41. The van der Waals surface area contributed by atoms with Gasteiger partial charge in [0, 0.05) is 11.4 Å². The molecule has 0 aliphatic heterocycles. The molecule has 2 unspecified atom stereocenters. The van der Waals surface area contributed by atoms with Crippen molar-refractivity contribution in [3.05, 3.63) is 34.9 Å². The lowest BCUT2D eigenvalue weighted by atomic mass is 9.97. The van der Waals surface area contributed by atoms with Gasteiger partial charge in [0.1, 0.15) is 6.10 Å². The van der Waals surface area contributed by atoms with Crippen molar-refractivity contribution in [3.8, 4) is 0 Å². The lowest BCUT2D eigenvalue weighted by Crippen LogP contribution is -2.21. The van der Waals surface area contributed by atoms with Crippen molar-refractivity contribution in [2.75, 3.05) is 5.88 Å². The monoisotopic (exact) mass is 280 g/mol. The minimum atomic E-state index is -1.65. The highest BCUT2D eigenvalue weighted by molar-refractivity contribution is 6.17. The smallest absolute Gasteiger partial charge is 0.336 e. The first-order valence-corrected chi connectivity index (χ1v) is 5.56. The van der Waals surface area contributed by atoms with E-state index in [0.717, 1.165) is 0 Å². The number of rotatable bonds is 5. The van der Waals surface area contributed by atoms with Gasteiger partial charge in [0.25, 0.3) is 0 Å². The predicted molar refractivity (Wildman–Crippen MR) is 59.6 cm³/mol. The first kappa shape index (κ1) is 14.8. The summed E-state index contributed by atoms with van der Waals surface area (Å²) < 4.78 is 26.0. The number of alkyl halides is 1. The number of hydrogen-bond acceptors (Lipinski definition) is 3. The number of aliphatic hydroxyl groups is 2. The first-order chi connectivity index (χ1) is 8.38. The van der Waals surface area contributed by atoms with Crippen molar-refractivity contribution < 1.29 is 28.9 Å². The number of aliphatic hydroxyl groups excluding tert-OH is 2.